The summed E-state index contributed by atoms with van der Waals surface area (Å²) in [6.07, 6.45) is 7.37. The molecule has 3 saturated heterocycles. The van der Waals surface area contributed by atoms with Gasteiger partial charge in [0.25, 0.3) is 11.8 Å². The third kappa shape index (κ3) is 12.3. The van der Waals surface area contributed by atoms with E-state index in [2.05, 4.69) is 41.4 Å². The fourth-order valence-corrected chi connectivity index (χ4v) is 10.8. The number of benzene rings is 2. The number of imide groups is 1. The number of carbonyl (C=O) groups is 5. The smallest absolute Gasteiger partial charge is 0.254 e. The summed E-state index contributed by atoms with van der Waals surface area (Å²) < 4.78 is 42.6. The van der Waals surface area contributed by atoms with Crippen molar-refractivity contribution in [3.63, 3.8) is 0 Å². The Hall–Kier alpha value is -7.54. The van der Waals surface area contributed by atoms with Gasteiger partial charge in [-0.05, 0) is 93.3 Å². The first-order chi connectivity index (χ1) is 36.8. The number of piperazine rings is 2. The number of halogens is 2. The molecule has 5 aromatic rings. The molecule has 0 bridgehead atoms. The number of anilines is 2. The Morgan fingerprint density at radius 3 is 2.38 bits per heavy atom. The predicted octanol–water partition coefficient (Wildman–Crippen LogP) is 4.48. The van der Waals surface area contributed by atoms with Crippen LogP contribution in [0.25, 0.3) is 16.6 Å². The van der Waals surface area contributed by atoms with Gasteiger partial charge < -0.3 is 34.4 Å². The van der Waals surface area contributed by atoms with E-state index in [-0.39, 0.29) is 42.2 Å². The van der Waals surface area contributed by atoms with Gasteiger partial charge in [0.1, 0.15) is 29.3 Å². The first kappa shape index (κ1) is 53.3. The molecule has 2 N–H and O–H groups in total. The molecule has 5 amide bonds. The van der Waals surface area contributed by atoms with Gasteiger partial charge in [-0.25, -0.2) is 18.3 Å². The van der Waals surface area contributed by atoms with Gasteiger partial charge >= 0.3 is 0 Å². The Kier molecular flexibility index (Phi) is 16.8. The van der Waals surface area contributed by atoms with Gasteiger partial charge in [0.15, 0.2) is 0 Å². The van der Waals surface area contributed by atoms with Gasteiger partial charge in [0.05, 0.1) is 60.8 Å². The lowest BCUT2D eigenvalue weighted by Crippen LogP contribution is -2.62. The number of piperidine rings is 1. The van der Waals surface area contributed by atoms with Crippen LogP contribution in [-0.4, -0.2) is 174 Å². The van der Waals surface area contributed by atoms with Crippen molar-refractivity contribution in [3.05, 3.63) is 107 Å². The number of hydrogen-bond acceptors (Lipinski definition) is 14. The third-order valence-electron chi connectivity index (χ3n) is 15.1. The lowest BCUT2D eigenvalue weighted by molar-refractivity contribution is -0.132. The van der Waals surface area contributed by atoms with E-state index in [1.54, 1.807) is 21.8 Å². The number of amides is 5. The van der Waals surface area contributed by atoms with Crippen molar-refractivity contribution in [3.8, 4) is 22.9 Å². The number of hydrogen-bond donors (Lipinski definition) is 2. The summed E-state index contributed by atoms with van der Waals surface area (Å²) in [5.74, 6) is -1.16. The first-order valence-electron chi connectivity index (χ1n) is 26.1. The van der Waals surface area contributed by atoms with Crippen LogP contribution in [0.3, 0.4) is 0 Å². The van der Waals surface area contributed by atoms with E-state index in [4.69, 9.17) is 14.5 Å². The normalized spacial score (nSPS) is 17.3. The SMILES string of the molecule is CCOc1cc(-c2ccc(N3CCC(CN4CCN(CCOCCC(=O)N5CCN(c6ccc7c(c6)CN(C(C)CCC(=O)NC=O)C7=O)CC5)CC4)(NC(=O)c4cc(F)ccc4F)CC3)nc2)c2c(C#N)cnn2c1. The number of aromatic nitrogens is 3. The molecule has 0 saturated carbocycles. The molecule has 1 atom stereocenters. The van der Waals surface area contributed by atoms with Gasteiger partial charge in [0.2, 0.25) is 18.2 Å². The maximum absolute atomic E-state index is 14.9. The van der Waals surface area contributed by atoms with Crippen molar-refractivity contribution in [2.45, 2.75) is 64.1 Å². The maximum Gasteiger partial charge on any atom is 0.254 e. The molecule has 3 fully saturated rings. The van der Waals surface area contributed by atoms with Crippen LogP contribution in [0.4, 0.5) is 20.3 Å². The Morgan fingerprint density at radius 1 is 0.882 bits per heavy atom. The number of rotatable bonds is 20. The number of nitriles is 1. The van der Waals surface area contributed by atoms with Crippen molar-refractivity contribution in [2.24, 2.45) is 0 Å². The number of nitrogens with zero attached hydrogens (tertiary/aromatic N) is 10. The summed E-state index contributed by atoms with van der Waals surface area (Å²) in [7, 11) is 0. The highest BCUT2D eigenvalue weighted by Gasteiger charge is 2.40. The number of ether oxygens (including phenoxy) is 2. The molecule has 0 aliphatic carbocycles. The second-order valence-corrected chi connectivity index (χ2v) is 19.9. The Bertz CT molecular complexity index is 2960. The molecule has 7 heterocycles. The zero-order valence-electron chi connectivity index (χ0n) is 43.0. The molecule has 1 unspecified atom stereocenters. The minimum Gasteiger partial charge on any atom is -0.492 e. The zero-order valence-corrected chi connectivity index (χ0v) is 43.0. The molecule has 0 radical (unpaired) electrons. The minimum atomic E-state index is -0.788. The molecule has 19 nitrogen and oxygen atoms in total. The molecule has 9 rings (SSSR count). The van der Waals surface area contributed by atoms with Gasteiger partial charge in [-0.3, -0.25) is 39.1 Å². The van der Waals surface area contributed by atoms with Gasteiger partial charge in [-0.1, -0.05) is 0 Å². The first-order valence-corrected chi connectivity index (χ1v) is 26.1. The standard InChI is InChI=1S/C55H64F2N12O7/c1-3-76-44-30-46(52-41(31-58)33-61-69(52)35-44)39-5-10-49(59-32-39)66-15-13-55(14-16-66,62-53(73)47-29-42(56)6-9-48(47)57)36-64-19-17-63(18-20-64)25-27-75-26-12-51(72)67-23-21-65(22-24-67)43-7-8-45-40(28-43)34-68(54(45)74)38(2)4-11-50(71)60-37-70/h5-10,28-30,32-33,35,37-38H,3-4,11-27,34,36H2,1-2H3,(H,62,73)(H,60,70,71). The maximum atomic E-state index is 14.9. The fourth-order valence-electron chi connectivity index (χ4n) is 10.8. The molecular formula is C55H64F2N12O7. The lowest BCUT2D eigenvalue weighted by Gasteiger charge is -2.46. The van der Waals surface area contributed by atoms with Crippen LogP contribution in [0, 0.1) is 23.0 Å². The van der Waals surface area contributed by atoms with Crippen LogP contribution in [0.1, 0.15) is 77.8 Å². The summed E-state index contributed by atoms with van der Waals surface area (Å²) >= 11 is 0. The molecule has 76 heavy (non-hydrogen) atoms. The summed E-state index contributed by atoms with van der Waals surface area (Å²) in [6.45, 7) is 13.4. The summed E-state index contributed by atoms with van der Waals surface area (Å²) in [5.41, 5.74) is 4.18. The monoisotopic (exact) mass is 1040 g/mol. The molecule has 4 aliphatic heterocycles. The quantitative estimate of drug-likeness (QED) is 0.0817. The van der Waals surface area contributed by atoms with E-state index in [0.29, 0.717) is 127 Å². The average molecular weight is 1040 g/mol. The van der Waals surface area contributed by atoms with Crippen LogP contribution in [0.5, 0.6) is 5.75 Å². The number of fused-ring (bicyclic) bond motifs is 2. The molecular weight excluding hydrogens is 979 g/mol. The molecule has 21 heteroatoms. The van der Waals surface area contributed by atoms with E-state index in [9.17, 15) is 38.0 Å². The summed E-state index contributed by atoms with van der Waals surface area (Å²) in [4.78, 5) is 79.9. The lowest BCUT2D eigenvalue weighted by atomic mass is 9.86. The molecule has 3 aromatic heterocycles. The second-order valence-electron chi connectivity index (χ2n) is 19.9. The highest BCUT2D eigenvalue weighted by molar-refractivity contribution is 5.99. The van der Waals surface area contributed by atoms with Crippen LogP contribution in [0.2, 0.25) is 0 Å². The molecule has 0 spiro atoms. The van der Waals surface area contributed by atoms with Crippen molar-refractivity contribution >= 4 is 47.1 Å². The van der Waals surface area contributed by atoms with Crippen LogP contribution in [-0.2, 0) is 25.7 Å². The second kappa shape index (κ2) is 24.0. The largest absolute Gasteiger partial charge is 0.492 e. The number of carbonyl (C=O) groups excluding carboxylic acids is 5. The van der Waals surface area contributed by atoms with E-state index < -0.39 is 23.1 Å². The predicted molar refractivity (Wildman–Crippen MR) is 279 cm³/mol. The zero-order chi connectivity index (χ0) is 53.3. The topological polar surface area (TPSA) is 201 Å². The fraction of sp³-hybridized carbons (Fsp3) is 0.455. The minimum absolute atomic E-state index is 0.0489. The van der Waals surface area contributed by atoms with Crippen LogP contribution in [0.15, 0.2) is 73.2 Å². The van der Waals surface area contributed by atoms with Crippen LogP contribution >= 0.6 is 0 Å². The van der Waals surface area contributed by atoms with E-state index in [1.165, 1.54) is 6.20 Å². The van der Waals surface area contributed by atoms with Gasteiger partial charge in [0, 0.05) is 126 Å². The van der Waals surface area contributed by atoms with E-state index in [1.807, 2.05) is 55.1 Å². The van der Waals surface area contributed by atoms with Crippen molar-refractivity contribution < 1.29 is 42.2 Å². The van der Waals surface area contributed by atoms with E-state index >= 15 is 0 Å². The average Bonchev–Trinajstić information content (AvgIpc) is 4.01. The third-order valence-corrected chi connectivity index (χ3v) is 15.1. The van der Waals surface area contributed by atoms with Crippen LogP contribution < -0.4 is 25.2 Å². The van der Waals surface area contributed by atoms with Crippen molar-refractivity contribution in [2.75, 3.05) is 108 Å². The van der Waals surface area contributed by atoms with Gasteiger partial charge in [-0.15, -0.1) is 0 Å². The Labute approximate surface area is 440 Å². The highest BCUT2D eigenvalue weighted by atomic mass is 19.1. The van der Waals surface area contributed by atoms with Crippen molar-refractivity contribution in [1.82, 2.24) is 44.8 Å². The summed E-state index contributed by atoms with van der Waals surface area (Å²) in [5, 5.41) is 19.5. The Morgan fingerprint density at radius 2 is 1.66 bits per heavy atom. The molecule has 2 aromatic carbocycles. The van der Waals surface area contributed by atoms with Gasteiger partial charge in [-0.2, -0.15) is 10.4 Å². The highest BCUT2D eigenvalue weighted by Crippen LogP contribution is 2.34. The summed E-state index contributed by atoms with van der Waals surface area (Å²) in [6, 6.07) is 16.6. The molecule has 4 aliphatic rings. The number of pyridine rings is 2. The van der Waals surface area contributed by atoms with E-state index in [0.717, 1.165) is 72.6 Å². The molecule has 400 valence electrons. The van der Waals surface area contributed by atoms with Crippen molar-refractivity contribution in [1.29, 1.82) is 5.26 Å². The Balaban J connectivity index is 0.724. The number of nitrogens with one attached hydrogen (secondary N) is 2.